The molecule has 0 bridgehead atoms. The molecular weight excluding hydrogens is 474 g/mol. The molecule has 2 atom stereocenters. The summed E-state index contributed by atoms with van der Waals surface area (Å²) in [5, 5.41) is 6.11. The predicted molar refractivity (Wildman–Crippen MR) is 146 cm³/mol. The summed E-state index contributed by atoms with van der Waals surface area (Å²) in [6, 6.07) is 20.5. The SMILES string of the molecule is CC(Oc1nc(-c2ccccc2)ccc1NCC(N)CS)C(=O)NCc1cccc(C(=O)N(C)C)c1. The van der Waals surface area contributed by atoms with E-state index in [1.807, 2.05) is 48.5 Å². The number of nitrogens with one attached hydrogen (secondary N) is 2. The summed E-state index contributed by atoms with van der Waals surface area (Å²) in [7, 11) is 3.40. The van der Waals surface area contributed by atoms with Gasteiger partial charge in [-0.25, -0.2) is 4.98 Å². The molecular formula is C27H33N5O3S. The third-order valence-electron chi connectivity index (χ3n) is 5.42. The first-order chi connectivity index (χ1) is 17.3. The van der Waals surface area contributed by atoms with E-state index < -0.39 is 6.10 Å². The maximum absolute atomic E-state index is 12.8. The summed E-state index contributed by atoms with van der Waals surface area (Å²) in [6.45, 7) is 2.41. The number of ether oxygens (including phenoxy) is 1. The van der Waals surface area contributed by atoms with E-state index in [1.54, 1.807) is 39.2 Å². The quantitative estimate of drug-likeness (QED) is 0.297. The second-order valence-electron chi connectivity index (χ2n) is 8.62. The van der Waals surface area contributed by atoms with Crippen LogP contribution in [-0.2, 0) is 11.3 Å². The van der Waals surface area contributed by atoms with E-state index in [9.17, 15) is 9.59 Å². The molecule has 1 heterocycles. The van der Waals surface area contributed by atoms with E-state index in [0.29, 0.717) is 29.4 Å². The molecule has 190 valence electrons. The second-order valence-corrected chi connectivity index (χ2v) is 8.98. The van der Waals surface area contributed by atoms with Crippen molar-refractivity contribution in [2.24, 2.45) is 5.73 Å². The Hall–Kier alpha value is -3.56. The zero-order chi connectivity index (χ0) is 26.1. The van der Waals surface area contributed by atoms with Gasteiger partial charge in [-0.3, -0.25) is 9.59 Å². The standard InChI is InChI=1S/C27H33N5O3S/c1-18(25(33)30-15-19-8-7-11-21(14-19)27(34)32(2)3)35-26-24(29-16-22(28)17-36)13-12-23(31-26)20-9-5-4-6-10-20/h4-14,18,22,29,36H,15-17,28H2,1-3H3,(H,30,33). The number of nitrogens with two attached hydrogens (primary N) is 1. The second kappa shape index (κ2) is 12.9. The number of carbonyl (C=O) groups excluding carboxylic acids is 2. The molecule has 0 aliphatic rings. The van der Waals surface area contributed by atoms with Crippen molar-refractivity contribution in [2.75, 3.05) is 31.7 Å². The van der Waals surface area contributed by atoms with Crippen LogP contribution in [-0.4, -0.2) is 60.2 Å². The molecule has 1 aromatic heterocycles. The summed E-state index contributed by atoms with van der Waals surface area (Å²) >= 11 is 4.23. The summed E-state index contributed by atoms with van der Waals surface area (Å²) in [5.74, 6) is 0.439. The molecule has 3 rings (SSSR count). The topological polar surface area (TPSA) is 110 Å². The Morgan fingerprint density at radius 1 is 1.08 bits per heavy atom. The van der Waals surface area contributed by atoms with Crippen LogP contribution in [0.15, 0.2) is 66.7 Å². The Labute approximate surface area is 217 Å². The van der Waals surface area contributed by atoms with Crippen molar-refractivity contribution in [3.8, 4) is 17.1 Å². The molecule has 0 aliphatic carbocycles. The lowest BCUT2D eigenvalue weighted by Gasteiger charge is -2.19. The highest BCUT2D eigenvalue weighted by Gasteiger charge is 2.19. The average molecular weight is 508 g/mol. The molecule has 36 heavy (non-hydrogen) atoms. The number of hydrogen-bond acceptors (Lipinski definition) is 7. The molecule has 0 aliphatic heterocycles. The Morgan fingerprint density at radius 3 is 2.53 bits per heavy atom. The molecule has 8 nitrogen and oxygen atoms in total. The van der Waals surface area contributed by atoms with Gasteiger partial charge in [-0.05, 0) is 36.8 Å². The lowest BCUT2D eigenvalue weighted by molar-refractivity contribution is -0.127. The number of rotatable bonds is 11. The highest BCUT2D eigenvalue weighted by atomic mass is 32.1. The van der Waals surface area contributed by atoms with Gasteiger partial charge in [0.2, 0.25) is 5.88 Å². The minimum absolute atomic E-state index is 0.0954. The molecule has 0 saturated heterocycles. The van der Waals surface area contributed by atoms with Crippen LogP contribution < -0.4 is 21.1 Å². The fourth-order valence-corrected chi connectivity index (χ4v) is 3.50. The Balaban J connectivity index is 1.72. The largest absolute Gasteiger partial charge is 0.463 e. The van der Waals surface area contributed by atoms with Gasteiger partial charge >= 0.3 is 0 Å². The minimum Gasteiger partial charge on any atom is -0.463 e. The van der Waals surface area contributed by atoms with Crippen LogP contribution in [0.1, 0.15) is 22.8 Å². The molecule has 2 aromatic carbocycles. The number of hydrogen-bond donors (Lipinski definition) is 4. The van der Waals surface area contributed by atoms with E-state index in [0.717, 1.165) is 16.8 Å². The normalized spacial score (nSPS) is 12.4. The van der Waals surface area contributed by atoms with Gasteiger partial charge in [0.15, 0.2) is 6.10 Å². The van der Waals surface area contributed by atoms with Crippen LogP contribution in [0, 0.1) is 0 Å². The van der Waals surface area contributed by atoms with Gasteiger partial charge in [-0.2, -0.15) is 12.6 Å². The number of anilines is 1. The smallest absolute Gasteiger partial charge is 0.261 e. The zero-order valence-corrected chi connectivity index (χ0v) is 21.7. The number of thiol groups is 1. The molecule has 9 heteroatoms. The molecule has 0 saturated carbocycles. The average Bonchev–Trinajstić information content (AvgIpc) is 2.90. The first-order valence-corrected chi connectivity index (χ1v) is 12.3. The highest BCUT2D eigenvalue weighted by molar-refractivity contribution is 7.80. The third-order valence-corrected chi connectivity index (χ3v) is 5.89. The van der Waals surface area contributed by atoms with E-state index in [-0.39, 0.29) is 24.4 Å². The predicted octanol–water partition coefficient (Wildman–Crippen LogP) is 3.20. The van der Waals surface area contributed by atoms with Gasteiger partial charge in [0, 0.05) is 50.1 Å². The molecule has 2 unspecified atom stereocenters. The van der Waals surface area contributed by atoms with Crippen LogP contribution in [0.3, 0.4) is 0 Å². The van der Waals surface area contributed by atoms with Crippen molar-refractivity contribution in [1.29, 1.82) is 0 Å². The van der Waals surface area contributed by atoms with Gasteiger partial charge in [0.05, 0.1) is 11.4 Å². The monoisotopic (exact) mass is 507 g/mol. The van der Waals surface area contributed by atoms with Gasteiger partial charge in [0.25, 0.3) is 11.8 Å². The van der Waals surface area contributed by atoms with E-state index in [1.165, 1.54) is 4.90 Å². The summed E-state index contributed by atoms with van der Waals surface area (Å²) in [4.78, 5) is 31.2. The number of amides is 2. The van der Waals surface area contributed by atoms with E-state index in [2.05, 4.69) is 28.2 Å². The number of benzene rings is 2. The summed E-state index contributed by atoms with van der Waals surface area (Å²) in [5.41, 5.74) is 9.67. The van der Waals surface area contributed by atoms with Crippen molar-refractivity contribution >= 4 is 30.1 Å². The van der Waals surface area contributed by atoms with Crippen molar-refractivity contribution in [1.82, 2.24) is 15.2 Å². The van der Waals surface area contributed by atoms with Crippen LogP contribution >= 0.6 is 12.6 Å². The number of pyridine rings is 1. The first kappa shape index (κ1) is 27.0. The van der Waals surface area contributed by atoms with Gasteiger partial charge < -0.3 is 26.0 Å². The lowest BCUT2D eigenvalue weighted by atomic mass is 10.1. The molecule has 0 radical (unpaired) electrons. The molecule has 0 spiro atoms. The van der Waals surface area contributed by atoms with Crippen LogP contribution in [0.2, 0.25) is 0 Å². The van der Waals surface area contributed by atoms with Crippen molar-refractivity contribution < 1.29 is 14.3 Å². The van der Waals surface area contributed by atoms with Gasteiger partial charge in [-0.15, -0.1) is 0 Å². The van der Waals surface area contributed by atoms with Crippen molar-refractivity contribution in [3.05, 3.63) is 77.9 Å². The van der Waals surface area contributed by atoms with Crippen LogP contribution in [0.4, 0.5) is 5.69 Å². The van der Waals surface area contributed by atoms with E-state index in [4.69, 9.17) is 10.5 Å². The van der Waals surface area contributed by atoms with Crippen molar-refractivity contribution in [3.63, 3.8) is 0 Å². The third kappa shape index (κ3) is 7.47. The maximum atomic E-state index is 12.8. The highest BCUT2D eigenvalue weighted by Crippen LogP contribution is 2.28. The number of aromatic nitrogens is 1. The Morgan fingerprint density at radius 2 is 1.83 bits per heavy atom. The zero-order valence-electron chi connectivity index (χ0n) is 20.8. The van der Waals surface area contributed by atoms with Gasteiger partial charge in [-0.1, -0.05) is 42.5 Å². The summed E-state index contributed by atoms with van der Waals surface area (Å²) < 4.78 is 6.01. The number of nitrogens with zero attached hydrogens (tertiary/aromatic N) is 2. The molecule has 2 amide bonds. The van der Waals surface area contributed by atoms with Gasteiger partial charge in [0.1, 0.15) is 0 Å². The minimum atomic E-state index is -0.811. The van der Waals surface area contributed by atoms with Crippen LogP contribution in [0.25, 0.3) is 11.3 Å². The lowest BCUT2D eigenvalue weighted by Crippen LogP contribution is -2.36. The first-order valence-electron chi connectivity index (χ1n) is 11.7. The Kier molecular flexibility index (Phi) is 9.72. The molecule has 4 N–H and O–H groups in total. The maximum Gasteiger partial charge on any atom is 0.261 e. The molecule has 3 aromatic rings. The molecule has 0 fully saturated rings. The van der Waals surface area contributed by atoms with E-state index >= 15 is 0 Å². The van der Waals surface area contributed by atoms with Crippen LogP contribution in [0.5, 0.6) is 5.88 Å². The fourth-order valence-electron chi connectivity index (χ4n) is 3.37. The Bertz CT molecular complexity index is 1170. The summed E-state index contributed by atoms with van der Waals surface area (Å²) in [6.07, 6.45) is -0.811. The number of carbonyl (C=O) groups is 2. The van der Waals surface area contributed by atoms with Crippen molar-refractivity contribution in [2.45, 2.75) is 25.6 Å². The fraction of sp³-hybridized carbons (Fsp3) is 0.296.